The second kappa shape index (κ2) is 3.30. The van der Waals surface area contributed by atoms with Crippen LogP contribution in [0.2, 0.25) is 0 Å². The van der Waals surface area contributed by atoms with Gasteiger partial charge >= 0.3 is 0 Å². The summed E-state index contributed by atoms with van der Waals surface area (Å²) in [6, 6.07) is 1.76. The quantitative estimate of drug-likeness (QED) is 0.692. The number of rotatable bonds is 2. The Kier molecular flexibility index (Phi) is 2.38. The van der Waals surface area contributed by atoms with Crippen LogP contribution in [-0.2, 0) is 11.2 Å². The molecule has 0 unspecified atom stereocenters. The summed E-state index contributed by atoms with van der Waals surface area (Å²) in [6.45, 7) is 3.34. The smallest absolute Gasteiger partial charge is 0.220 e. The Balaban J connectivity index is 2.93. The van der Waals surface area contributed by atoms with E-state index in [9.17, 15) is 4.79 Å². The van der Waals surface area contributed by atoms with Gasteiger partial charge in [-0.1, -0.05) is 0 Å². The van der Waals surface area contributed by atoms with Crippen LogP contribution in [0.4, 0.5) is 5.95 Å². The molecule has 0 aliphatic rings. The van der Waals surface area contributed by atoms with Gasteiger partial charge in [0.25, 0.3) is 0 Å². The number of hydrogen-bond donors (Lipinski definition) is 1. The molecule has 0 spiro atoms. The minimum absolute atomic E-state index is 0.0764. The van der Waals surface area contributed by atoms with Crippen molar-refractivity contribution in [1.29, 1.82) is 0 Å². The van der Waals surface area contributed by atoms with Crippen LogP contribution in [-0.4, -0.2) is 15.8 Å². The molecule has 0 bridgehead atoms. The molecule has 4 heteroatoms. The summed E-state index contributed by atoms with van der Waals surface area (Å²) in [4.78, 5) is 18.6. The van der Waals surface area contributed by atoms with Crippen molar-refractivity contribution in [2.75, 3.05) is 5.73 Å². The molecule has 0 saturated heterocycles. The van der Waals surface area contributed by atoms with Gasteiger partial charge in [-0.15, -0.1) is 0 Å². The van der Waals surface area contributed by atoms with Gasteiger partial charge in [-0.05, 0) is 19.9 Å². The summed E-state index contributed by atoms with van der Waals surface area (Å²) in [7, 11) is 0. The Bertz CT molecular complexity index is 289. The largest absolute Gasteiger partial charge is 0.368 e. The first-order valence-electron chi connectivity index (χ1n) is 3.67. The van der Waals surface area contributed by atoms with Crippen molar-refractivity contribution in [1.82, 2.24) is 9.97 Å². The minimum atomic E-state index is 0.0764. The van der Waals surface area contributed by atoms with Crippen LogP contribution in [0.25, 0.3) is 0 Å². The van der Waals surface area contributed by atoms with Gasteiger partial charge in [0.2, 0.25) is 5.95 Å². The molecule has 0 saturated carbocycles. The van der Waals surface area contributed by atoms with Gasteiger partial charge in [0.05, 0.1) is 5.69 Å². The lowest BCUT2D eigenvalue weighted by Gasteiger charge is -1.99. The molecule has 0 radical (unpaired) electrons. The van der Waals surface area contributed by atoms with E-state index in [2.05, 4.69) is 9.97 Å². The number of carbonyl (C=O) groups is 1. The molecule has 0 aromatic carbocycles. The third-order valence-electron chi connectivity index (χ3n) is 1.35. The average Bonchev–Trinajstić information content (AvgIpc) is 1.81. The Hall–Kier alpha value is -1.45. The fourth-order valence-electron chi connectivity index (χ4n) is 1.00. The Morgan fingerprint density at radius 1 is 1.58 bits per heavy atom. The van der Waals surface area contributed by atoms with Crippen LogP contribution < -0.4 is 5.73 Å². The number of nitrogen functional groups attached to an aromatic ring is 1. The highest BCUT2D eigenvalue weighted by Gasteiger charge is 2.01. The minimum Gasteiger partial charge on any atom is -0.368 e. The number of nitrogens with two attached hydrogens (primary N) is 1. The summed E-state index contributed by atoms with van der Waals surface area (Å²) in [5.41, 5.74) is 6.88. The van der Waals surface area contributed by atoms with Crippen LogP contribution in [0, 0.1) is 6.92 Å². The number of Topliss-reactive ketones (excluding diaryl/α,β-unsaturated/α-hetero) is 1. The Morgan fingerprint density at radius 3 is 2.75 bits per heavy atom. The zero-order valence-corrected chi connectivity index (χ0v) is 7.16. The first kappa shape index (κ1) is 8.64. The van der Waals surface area contributed by atoms with Gasteiger partial charge in [-0.25, -0.2) is 9.97 Å². The van der Waals surface area contributed by atoms with E-state index < -0.39 is 0 Å². The second-order valence-corrected chi connectivity index (χ2v) is 2.74. The van der Waals surface area contributed by atoms with Crippen molar-refractivity contribution in [3.8, 4) is 0 Å². The fourth-order valence-corrected chi connectivity index (χ4v) is 1.00. The zero-order chi connectivity index (χ0) is 9.14. The molecule has 4 nitrogen and oxygen atoms in total. The third-order valence-corrected chi connectivity index (χ3v) is 1.35. The van der Waals surface area contributed by atoms with Crippen molar-refractivity contribution < 1.29 is 4.79 Å². The molecule has 1 rings (SSSR count). The van der Waals surface area contributed by atoms with E-state index in [4.69, 9.17) is 5.73 Å². The lowest BCUT2D eigenvalue weighted by Crippen LogP contribution is -2.04. The van der Waals surface area contributed by atoms with E-state index >= 15 is 0 Å². The van der Waals surface area contributed by atoms with Crippen LogP contribution in [0.5, 0.6) is 0 Å². The monoisotopic (exact) mass is 165 g/mol. The standard InChI is InChI=1S/C8H11N3O/c1-5-3-7(4-6(2)12)11-8(9)10-5/h3H,4H2,1-2H3,(H2,9,10,11). The van der Waals surface area contributed by atoms with Crippen LogP contribution in [0.15, 0.2) is 6.07 Å². The van der Waals surface area contributed by atoms with Gasteiger partial charge in [-0.2, -0.15) is 0 Å². The predicted octanol–water partition coefficient (Wildman–Crippen LogP) is 0.499. The summed E-state index contributed by atoms with van der Waals surface area (Å²) in [5.74, 6) is 0.304. The molecule has 0 amide bonds. The van der Waals surface area contributed by atoms with Gasteiger partial charge < -0.3 is 5.73 Å². The van der Waals surface area contributed by atoms with Crippen molar-refractivity contribution in [2.45, 2.75) is 20.3 Å². The van der Waals surface area contributed by atoms with Crippen LogP contribution in [0.1, 0.15) is 18.3 Å². The first-order chi connectivity index (χ1) is 5.58. The van der Waals surface area contributed by atoms with Crippen molar-refractivity contribution in [3.05, 3.63) is 17.5 Å². The number of carbonyl (C=O) groups excluding carboxylic acids is 1. The van der Waals surface area contributed by atoms with E-state index in [1.165, 1.54) is 6.92 Å². The Morgan fingerprint density at radius 2 is 2.25 bits per heavy atom. The maximum atomic E-state index is 10.7. The second-order valence-electron chi connectivity index (χ2n) is 2.74. The number of nitrogens with zero attached hydrogens (tertiary/aromatic N) is 2. The van der Waals surface area contributed by atoms with E-state index in [1.807, 2.05) is 6.92 Å². The first-order valence-corrected chi connectivity index (χ1v) is 3.67. The molecule has 0 atom stereocenters. The summed E-state index contributed by atoms with van der Waals surface area (Å²) in [6.07, 6.45) is 0.327. The molecule has 64 valence electrons. The highest BCUT2D eigenvalue weighted by Crippen LogP contribution is 2.02. The van der Waals surface area contributed by atoms with Crippen molar-refractivity contribution in [2.24, 2.45) is 0 Å². The molecule has 0 fully saturated rings. The molecular weight excluding hydrogens is 154 g/mol. The van der Waals surface area contributed by atoms with E-state index in [0.717, 1.165) is 5.69 Å². The average molecular weight is 165 g/mol. The lowest BCUT2D eigenvalue weighted by molar-refractivity contribution is -0.116. The number of hydrogen-bond acceptors (Lipinski definition) is 4. The number of aryl methyl sites for hydroxylation is 1. The van der Waals surface area contributed by atoms with Crippen molar-refractivity contribution in [3.63, 3.8) is 0 Å². The predicted molar refractivity (Wildman–Crippen MR) is 45.6 cm³/mol. The van der Waals surface area contributed by atoms with E-state index in [1.54, 1.807) is 6.07 Å². The number of aromatic nitrogens is 2. The normalized spacial score (nSPS) is 9.83. The molecule has 0 aliphatic carbocycles. The highest BCUT2D eigenvalue weighted by atomic mass is 16.1. The molecule has 2 N–H and O–H groups in total. The van der Waals surface area contributed by atoms with Gasteiger partial charge in [-0.3, -0.25) is 4.79 Å². The number of ketones is 1. The molecule has 0 aliphatic heterocycles. The zero-order valence-electron chi connectivity index (χ0n) is 7.16. The number of anilines is 1. The van der Waals surface area contributed by atoms with Gasteiger partial charge in [0.15, 0.2) is 0 Å². The van der Waals surface area contributed by atoms with Crippen LogP contribution in [0.3, 0.4) is 0 Å². The molecular formula is C8H11N3O. The fraction of sp³-hybridized carbons (Fsp3) is 0.375. The summed E-state index contributed by atoms with van der Waals surface area (Å²) in [5, 5.41) is 0. The molecule has 1 aromatic rings. The SMILES string of the molecule is CC(=O)Cc1cc(C)nc(N)n1. The van der Waals surface area contributed by atoms with Crippen molar-refractivity contribution >= 4 is 11.7 Å². The van der Waals surface area contributed by atoms with Crippen LogP contribution >= 0.6 is 0 Å². The maximum absolute atomic E-state index is 10.7. The molecule has 1 aromatic heterocycles. The Labute approximate surface area is 70.8 Å². The van der Waals surface area contributed by atoms with Gasteiger partial charge in [0.1, 0.15) is 5.78 Å². The summed E-state index contributed by atoms with van der Waals surface area (Å²) >= 11 is 0. The topological polar surface area (TPSA) is 68.9 Å². The highest BCUT2D eigenvalue weighted by molar-refractivity contribution is 5.77. The summed E-state index contributed by atoms with van der Waals surface area (Å²) < 4.78 is 0. The molecule has 1 heterocycles. The van der Waals surface area contributed by atoms with E-state index in [-0.39, 0.29) is 11.7 Å². The van der Waals surface area contributed by atoms with Gasteiger partial charge in [0, 0.05) is 12.1 Å². The van der Waals surface area contributed by atoms with E-state index in [0.29, 0.717) is 12.1 Å². The lowest BCUT2D eigenvalue weighted by atomic mass is 10.2. The maximum Gasteiger partial charge on any atom is 0.220 e. The third kappa shape index (κ3) is 2.30. The molecule has 12 heavy (non-hydrogen) atoms.